The third-order valence-corrected chi connectivity index (χ3v) is 13.6. The Morgan fingerprint density at radius 2 is 0.860 bits per heavy atom. The van der Waals surface area contributed by atoms with Gasteiger partial charge in [-0.25, -0.2) is 4.98 Å². The van der Waals surface area contributed by atoms with Crippen LogP contribution in [0.15, 0.2) is 66.7 Å². The lowest BCUT2D eigenvalue weighted by Gasteiger charge is -2.31. The first-order chi connectivity index (χ1) is 24.6. The van der Waals surface area contributed by atoms with Gasteiger partial charge in [0.1, 0.15) is 11.4 Å². The minimum absolute atomic E-state index is 0.162. The maximum Gasteiger partial charge on any atom is 0.270 e. The number of hydrogen-bond donors (Lipinski definition) is 2. The maximum absolute atomic E-state index is 13.2. The molecule has 0 spiro atoms. The predicted molar refractivity (Wildman–Crippen MR) is 196 cm³/mol. The lowest BCUT2D eigenvalue weighted by molar-refractivity contribution is 0.0909. The molecule has 2 N–H and O–H groups in total. The molecule has 5 heterocycles. The van der Waals surface area contributed by atoms with Gasteiger partial charge >= 0.3 is 0 Å². The van der Waals surface area contributed by atoms with E-state index in [9.17, 15) is 9.59 Å². The average Bonchev–Trinajstić information content (AvgIpc) is 3.92. The Morgan fingerprint density at radius 1 is 0.500 bits per heavy atom. The monoisotopic (exact) mass is 671 g/mol. The number of carbonyl (C=O) groups excluding carboxylic acids is 2. The Morgan fingerprint density at radius 3 is 1.22 bits per heavy atom. The molecule has 4 fully saturated rings. The van der Waals surface area contributed by atoms with Crippen molar-refractivity contribution in [3.8, 4) is 0 Å². The van der Waals surface area contributed by atoms with E-state index in [0.29, 0.717) is 35.6 Å². The highest BCUT2D eigenvalue weighted by molar-refractivity contribution is 5.96. The van der Waals surface area contributed by atoms with Crippen LogP contribution < -0.4 is 10.6 Å². The first-order valence-electron chi connectivity index (χ1n) is 19.9. The van der Waals surface area contributed by atoms with Crippen LogP contribution in [0.3, 0.4) is 0 Å². The Balaban J connectivity index is 0.698. The molecule has 4 bridgehead atoms. The summed E-state index contributed by atoms with van der Waals surface area (Å²) < 4.78 is 0. The van der Waals surface area contributed by atoms with E-state index in [1.165, 1.54) is 51.6 Å². The predicted octanol–water partition coefficient (Wildman–Crippen LogP) is 8.22. The third kappa shape index (κ3) is 6.19. The molecule has 2 amide bonds. The van der Waals surface area contributed by atoms with Gasteiger partial charge in [-0.2, -0.15) is 0 Å². The fraction of sp³-hybridized carbons (Fsp3) is 0.558. The summed E-state index contributed by atoms with van der Waals surface area (Å²) >= 11 is 0. The Bertz CT molecular complexity index is 1530. The van der Waals surface area contributed by atoms with Gasteiger partial charge in [0.15, 0.2) is 0 Å². The van der Waals surface area contributed by atoms with Gasteiger partial charge in [0, 0.05) is 36.3 Å². The van der Waals surface area contributed by atoms with E-state index in [4.69, 9.17) is 0 Å². The first-order valence-corrected chi connectivity index (χ1v) is 19.9. The molecule has 7 heteroatoms. The zero-order valence-corrected chi connectivity index (χ0v) is 29.4. The van der Waals surface area contributed by atoms with Crippen LogP contribution in [0.1, 0.15) is 157 Å². The normalized spacial score (nSPS) is 31.4. The van der Waals surface area contributed by atoms with E-state index < -0.39 is 0 Å². The van der Waals surface area contributed by atoms with Crippen LogP contribution >= 0.6 is 0 Å². The fourth-order valence-electron chi connectivity index (χ4n) is 11.0. The second kappa shape index (κ2) is 13.9. The lowest BCUT2D eigenvalue weighted by atomic mass is 9.84. The standard InChI is InChI=1S/C43H53N5O2/c49-42(44-30-16-12-28(13-17-30)24-26-47-38-20-21-39(47)33-7-2-1-6-32(33)38)36-10-5-11-37(46-36)43(50)45-31-18-14-29(15-19-31)25-27-48-40-22-23-41(48)35-9-4-3-8-34(35)40/h1-11,28-31,38-41H,12-27H2,(H,44,49)(H,45,50)/t28?,29?,30?,31?,38-,39+,40-,41?/m1/s1. The van der Waals surface area contributed by atoms with Gasteiger partial charge in [-0.15, -0.1) is 0 Å². The van der Waals surface area contributed by atoms with Crippen molar-refractivity contribution in [2.45, 2.75) is 126 Å². The highest BCUT2D eigenvalue weighted by Crippen LogP contribution is 2.54. The van der Waals surface area contributed by atoms with Crippen LogP contribution in [0.25, 0.3) is 0 Å². The van der Waals surface area contributed by atoms with Crippen molar-refractivity contribution in [1.29, 1.82) is 0 Å². The van der Waals surface area contributed by atoms with Crippen molar-refractivity contribution in [1.82, 2.24) is 25.4 Å². The molecule has 4 aliphatic heterocycles. The van der Waals surface area contributed by atoms with Crippen molar-refractivity contribution >= 4 is 11.8 Å². The molecule has 7 nitrogen and oxygen atoms in total. The summed E-state index contributed by atoms with van der Waals surface area (Å²) in [7, 11) is 0. The number of nitrogens with zero attached hydrogens (tertiary/aromatic N) is 3. The molecular formula is C43H53N5O2. The summed E-state index contributed by atoms with van der Waals surface area (Å²) in [5.41, 5.74) is 6.93. The number of aromatic nitrogens is 1. The zero-order chi connectivity index (χ0) is 33.6. The molecule has 0 radical (unpaired) electrons. The third-order valence-electron chi connectivity index (χ3n) is 13.6. The number of carbonyl (C=O) groups is 2. The van der Waals surface area contributed by atoms with E-state index in [0.717, 1.165) is 63.2 Å². The van der Waals surface area contributed by atoms with Gasteiger partial charge in [0.25, 0.3) is 11.8 Å². The first kappa shape index (κ1) is 32.4. The van der Waals surface area contributed by atoms with Crippen molar-refractivity contribution < 1.29 is 9.59 Å². The minimum atomic E-state index is -0.162. The largest absolute Gasteiger partial charge is 0.348 e. The van der Waals surface area contributed by atoms with Gasteiger partial charge in [0.05, 0.1) is 0 Å². The maximum atomic E-state index is 13.2. The van der Waals surface area contributed by atoms with Gasteiger partial charge in [-0.05, 0) is 149 Å². The molecule has 2 aromatic carbocycles. The summed E-state index contributed by atoms with van der Waals surface area (Å²) in [4.78, 5) is 36.5. The Labute approximate surface area is 297 Å². The molecule has 1 unspecified atom stereocenters. The number of rotatable bonds is 10. The number of benzene rings is 2. The second-order valence-electron chi connectivity index (χ2n) is 16.3. The smallest absolute Gasteiger partial charge is 0.270 e. The summed E-state index contributed by atoms with van der Waals surface area (Å²) in [5, 5.41) is 6.48. The molecule has 262 valence electrons. The molecule has 3 aromatic rings. The summed E-state index contributed by atoms with van der Waals surface area (Å²) in [6.45, 7) is 2.36. The number of amides is 2. The summed E-state index contributed by atoms with van der Waals surface area (Å²) in [6.07, 6.45) is 16.4. The molecular weight excluding hydrogens is 619 g/mol. The average molecular weight is 672 g/mol. The topological polar surface area (TPSA) is 77.6 Å². The number of fused-ring (bicyclic) bond motifs is 10. The van der Waals surface area contributed by atoms with Crippen molar-refractivity contribution in [2.24, 2.45) is 11.8 Å². The molecule has 2 saturated carbocycles. The molecule has 2 saturated heterocycles. The van der Waals surface area contributed by atoms with Gasteiger partial charge in [-0.1, -0.05) is 54.6 Å². The minimum Gasteiger partial charge on any atom is -0.348 e. The molecule has 4 atom stereocenters. The Hall–Kier alpha value is -3.55. The number of pyridine rings is 1. The van der Waals surface area contributed by atoms with Crippen LogP contribution in [0.5, 0.6) is 0 Å². The quantitative estimate of drug-likeness (QED) is 0.227. The van der Waals surface area contributed by atoms with Gasteiger partial charge < -0.3 is 10.6 Å². The molecule has 50 heavy (non-hydrogen) atoms. The van der Waals surface area contributed by atoms with Crippen molar-refractivity contribution in [3.05, 3.63) is 100 Å². The van der Waals surface area contributed by atoms with Gasteiger partial charge in [0.2, 0.25) is 0 Å². The fourth-order valence-corrected chi connectivity index (χ4v) is 11.0. The molecule has 9 rings (SSSR count). The van der Waals surface area contributed by atoms with Crippen LogP contribution in [-0.2, 0) is 0 Å². The lowest BCUT2D eigenvalue weighted by Crippen LogP contribution is -2.39. The van der Waals surface area contributed by atoms with Crippen molar-refractivity contribution in [3.63, 3.8) is 0 Å². The van der Waals surface area contributed by atoms with E-state index in [1.54, 1.807) is 40.5 Å². The molecule has 1 aromatic heterocycles. The van der Waals surface area contributed by atoms with E-state index >= 15 is 0 Å². The molecule has 2 aliphatic carbocycles. The van der Waals surface area contributed by atoms with Crippen LogP contribution in [0, 0.1) is 11.8 Å². The highest BCUT2D eigenvalue weighted by atomic mass is 16.2. The summed E-state index contributed by atoms with van der Waals surface area (Å²) in [5.74, 6) is 1.13. The zero-order valence-electron chi connectivity index (χ0n) is 29.4. The highest BCUT2D eigenvalue weighted by Gasteiger charge is 2.44. The van der Waals surface area contributed by atoms with E-state index in [2.05, 4.69) is 73.9 Å². The van der Waals surface area contributed by atoms with Crippen molar-refractivity contribution in [2.75, 3.05) is 13.1 Å². The second-order valence-corrected chi connectivity index (χ2v) is 16.3. The van der Waals surface area contributed by atoms with Crippen LogP contribution in [-0.4, -0.2) is 51.8 Å². The van der Waals surface area contributed by atoms with E-state index in [-0.39, 0.29) is 23.9 Å². The number of hydrogen-bond acceptors (Lipinski definition) is 5. The Kier molecular flexibility index (Phi) is 8.98. The van der Waals surface area contributed by atoms with Crippen LogP contribution in [0.2, 0.25) is 0 Å². The van der Waals surface area contributed by atoms with Crippen LogP contribution in [0.4, 0.5) is 0 Å². The van der Waals surface area contributed by atoms with Gasteiger partial charge in [-0.3, -0.25) is 19.4 Å². The SMILES string of the molecule is O=C(NC1CCC(CCN2C3CC[C@@H]2c2ccccc23)CC1)c1cccc(C(=O)NC2CCC(CCN3[C@@H]4CC[C@H]3c3ccccc34)CC2)n1. The molecule has 6 aliphatic rings. The number of nitrogens with one attached hydrogen (secondary N) is 2. The summed E-state index contributed by atoms with van der Waals surface area (Å²) in [6, 6.07) is 26.2. The van der Waals surface area contributed by atoms with E-state index in [1.807, 2.05) is 0 Å².